The summed E-state index contributed by atoms with van der Waals surface area (Å²) in [5.74, 6) is 2.18. The maximum absolute atomic E-state index is 12.7. The number of nitrogens with zero attached hydrogens (tertiary/aromatic N) is 2. The van der Waals surface area contributed by atoms with Gasteiger partial charge in [-0.05, 0) is 42.7 Å². The number of nitriles is 1. The lowest BCUT2D eigenvalue weighted by molar-refractivity contribution is -0.908. The first-order chi connectivity index (χ1) is 13.0. The molecule has 0 spiro atoms. The molecular formula is C21H27N2O3S+. The van der Waals surface area contributed by atoms with Crippen molar-refractivity contribution >= 4 is 27.2 Å². The predicted octanol–water partition coefficient (Wildman–Crippen LogP) is 4.26. The molecule has 3 rings (SSSR count). The van der Waals surface area contributed by atoms with Gasteiger partial charge in [-0.3, -0.25) is 4.79 Å². The lowest BCUT2D eigenvalue weighted by Gasteiger charge is -2.38. The molecule has 1 saturated heterocycles. The Morgan fingerprint density at radius 2 is 1.89 bits per heavy atom. The number of likely N-dealkylation sites (tertiary alicyclic amines) is 1. The van der Waals surface area contributed by atoms with Crippen molar-refractivity contribution in [3.05, 3.63) is 23.1 Å². The highest BCUT2D eigenvalue weighted by molar-refractivity contribution is 7.20. The van der Waals surface area contributed by atoms with Gasteiger partial charge in [-0.2, -0.15) is 5.26 Å². The molecule has 1 aliphatic rings. The average Bonchev–Trinajstić information content (AvgIpc) is 3.09. The van der Waals surface area contributed by atoms with Crippen molar-refractivity contribution in [3.63, 3.8) is 0 Å². The first-order valence-electron chi connectivity index (χ1n) is 9.37. The van der Waals surface area contributed by atoms with Gasteiger partial charge in [-0.1, -0.05) is 0 Å². The summed E-state index contributed by atoms with van der Waals surface area (Å²) in [7, 11) is 5.39. The Bertz CT molecular complexity index is 819. The van der Waals surface area contributed by atoms with Crippen LogP contribution in [0.25, 0.3) is 10.1 Å². The van der Waals surface area contributed by atoms with Gasteiger partial charge in [0.25, 0.3) is 0 Å². The van der Waals surface area contributed by atoms with Crippen molar-refractivity contribution in [2.45, 2.75) is 25.7 Å². The third-order valence-electron chi connectivity index (χ3n) is 5.68. The van der Waals surface area contributed by atoms with Crippen LogP contribution in [-0.4, -0.2) is 51.2 Å². The minimum atomic E-state index is 0.217. The summed E-state index contributed by atoms with van der Waals surface area (Å²) >= 11 is 1.52. The zero-order chi connectivity index (χ0) is 19.4. The number of hydrogen-bond donors (Lipinski definition) is 0. The first-order valence-corrected chi connectivity index (χ1v) is 10.2. The molecule has 1 fully saturated rings. The van der Waals surface area contributed by atoms with E-state index in [1.54, 1.807) is 14.2 Å². The van der Waals surface area contributed by atoms with E-state index in [4.69, 9.17) is 14.7 Å². The summed E-state index contributed by atoms with van der Waals surface area (Å²) in [5, 5.41) is 9.97. The van der Waals surface area contributed by atoms with Crippen LogP contribution in [-0.2, 0) is 0 Å². The molecule has 6 heteroatoms. The van der Waals surface area contributed by atoms with Crippen molar-refractivity contribution < 1.29 is 18.8 Å². The number of thiophene rings is 1. The summed E-state index contributed by atoms with van der Waals surface area (Å²) in [6, 6.07) is 8.12. The van der Waals surface area contributed by atoms with E-state index in [0.29, 0.717) is 30.4 Å². The van der Waals surface area contributed by atoms with Gasteiger partial charge in [-0.25, -0.2) is 0 Å². The minimum Gasteiger partial charge on any atom is -0.493 e. The molecule has 27 heavy (non-hydrogen) atoms. The minimum absolute atomic E-state index is 0.217. The van der Waals surface area contributed by atoms with Gasteiger partial charge >= 0.3 is 0 Å². The second-order valence-electron chi connectivity index (χ2n) is 7.64. The number of benzene rings is 1. The van der Waals surface area contributed by atoms with Crippen molar-refractivity contribution in [1.82, 2.24) is 0 Å². The summed E-state index contributed by atoms with van der Waals surface area (Å²) in [6.07, 6.45) is 3.73. The molecule has 5 nitrogen and oxygen atoms in total. The third-order valence-corrected chi connectivity index (χ3v) is 6.82. The predicted molar refractivity (Wildman–Crippen MR) is 108 cm³/mol. The number of ketones is 1. The van der Waals surface area contributed by atoms with Gasteiger partial charge in [0, 0.05) is 17.2 Å². The van der Waals surface area contributed by atoms with Crippen LogP contribution in [0.4, 0.5) is 0 Å². The first kappa shape index (κ1) is 19.7. The number of carbonyl (C=O) groups is 1. The van der Waals surface area contributed by atoms with Crippen LogP contribution in [0.1, 0.15) is 35.4 Å². The van der Waals surface area contributed by atoms with Gasteiger partial charge in [0.1, 0.15) is 6.07 Å². The average molecular weight is 388 g/mol. The Kier molecular flexibility index (Phi) is 6.03. The third kappa shape index (κ3) is 4.42. The molecule has 0 atom stereocenters. The highest BCUT2D eigenvalue weighted by atomic mass is 32.1. The zero-order valence-corrected chi connectivity index (χ0v) is 17.1. The van der Waals surface area contributed by atoms with Crippen molar-refractivity contribution in [2.75, 3.05) is 40.9 Å². The Labute approximate surface area is 164 Å². The van der Waals surface area contributed by atoms with Crippen molar-refractivity contribution in [3.8, 4) is 17.6 Å². The van der Waals surface area contributed by atoms with Gasteiger partial charge in [0.15, 0.2) is 23.8 Å². The van der Waals surface area contributed by atoms with Crippen molar-refractivity contribution in [1.29, 1.82) is 5.26 Å². The van der Waals surface area contributed by atoms with Crippen LogP contribution in [0.2, 0.25) is 0 Å². The molecule has 0 amide bonds. The largest absolute Gasteiger partial charge is 0.493 e. The molecule has 1 aromatic heterocycles. The molecule has 0 saturated carbocycles. The van der Waals surface area contributed by atoms with Crippen LogP contribution < -0.4 is 9.47 Å². The van der Waals surface area contributed by atoms with Gasteiger partial charge in [0.05, 0.1) is 39.2 Å². The number of piperidine rings is 1. The molecule has 2 heterocycles. The van der Waals surface area contributed by atoms with E-state index < -0.39 is 0 Å². The highest BCUT2D eigenvalue weighted by Gasteiger charge is 2.30. The molecule has 0 N–H and O–H groups in total. The van der Waals surface area contributed by atoms with Crippen LogP contribution in [0, 0.1) is 17.2 Å². The molecule has 144 valence electrons. The monoisotopic (exact) mass is 387 g/mol. The number of rotatable bonds is 7. The second-order valence-corrected chi connectivity index (χ2v) is 8.73. The van der Waals surface area contributed by atoms with E-state index >= 15 is 0 Å². The van der Waals surface area contributed by atoms with E-state index in [-0.39, 0.29) is 5.78 Å². The number of carbonyl (C=O) groups excluding carboxylic acids is 1. The summed E-state index contributed by atoms with van der Waals surface area (Å²) < 4.78 is 12.6. The number of fused-ring (bicyclic) bond motifs is 1. The number of hydrogen-bond acceptors (Lipinski definition) is 5. The number of ether oxygens (including phenoxy) is 2. The Morgan fingerprint density at radius 1 is 1.22 bits per heavy atom. The van der Waals surface area contributed by atoms with E-state index in [1.165, 1.54) is 11.3 Å². The Balaban J connectivity index is 1.61. The smallest absolute Gasteiger partial charge is 0.172 e. The van der Waals surface area contributed by atoms with Gasteiger partial charge in [-0.15, -0.1) is 11.3 Å². The maximum Gasteiger partial charge on any atom is 0.172 e. The van der Waals surface area contributed by atoms with E-state index in [1.807, 2.05) is 18.2 Å². The number of Topliss-reactive ketones (excluding diaryl/α,β-unsaturated/α-hetero) is 1. The molecule has 0 aliphatic carbocycles. The number of methoxy groups -OCH3 is 2. The van der Waals surface area contributed by atoms with E-state index in [0.717, 1.165) is 51.8 Å². The van der Waals surface area contributed by atoms with E-state index in [9.17, 15) is 4.79 Å². The number of quaternary nitrogens is 1. The lowest BCUT2D eigenvalue weighted by Crippen LogP contribution is -2.49. The normalized spacial score (nSPS) is 22.4. The summed E-state index contributed by atoms with van der Waals surface area (Å²) in [6.45, 7) is 2.66. The molecule has 1 aliphatic heterocycles. The fourth-order valence-corrected chi connectivity index (χ4v) is 4.86. The Hall–Kier alpha value is -2.10. The van der Waals surface area contributed by atoms with Crippen LogP contribution in [0.3, 0.4) is 0 Å². The second kappa shape index (κ2) is 8.28. The zero-order valence-electron chi connectivity index (χ0n) is 16.3. The molecule has 2 aromatic rings. The standard InChI is InChI=1S/C21H27N2O3S/c1-23(11-8-22)9-6-15(7-10-23)4-5-17(24)21-13-16-12-18(25-2)19(26-3)14-20(16)27-21/h12-15H,4-7,9-11H2,1-3H3/q+1. The SMILES string of the molecule is COc1cc2cc(C(=O)CCC3CC[N+](C)(CC#N)CC3)sc2cc1OC. The van der Waals surface area contributed by atoms with Gasteiger partial charge in [0.2, 0.25) is 0 Å². The van der Waals surface area contributed by atoms with Crippen molar-refractivity contribution in [2.24, 2.45) is 5.92 Å². The fourth-order valence-electron chi connectivity index (χ4n) is 3.82. The summed E-state index contributed by atoms with van der Waals surface area (Å²) in [4.78, 5) is 13.5. The highest BCUT2D eigenvalue weighted by Crippen LogP contribution is 2.37. The van der Waals surface area contributed by atoms with Crippen LogP contribution in [0.5, 0.6) is 11.5 Å². The fraction of sp³-hybridized carbons (Fsp3) is 0.524. The molecule has 1 aromatic carbocycles. The van der Waals surface area contributed by atoms with Crippen LogP contribution in [0.15, 0.2) is 18.2 Å². The quantitative estimate of drug-likeness (QED) is 0.405. The molecule has 0 radical (unpaired) electrons. The van der Waals surface area contributed by atoms with E-state index in [2.05, 4.69) is 13.1 Å². The molecule has 0 unspecified atom stereocenters. The summed E-state index contributed by atoms with van der Waals surface area (Å²) in [5.41, 5.74) is 0. The Morgan fingerprint density at radius 3 is 2.52 bits per heavy atom. The lowest BCUT2D eigenvalue weighted by atomic mass is 9.90. The maximum atomic E-state index is 12.7. The molecule has 0 bridgehead atoms. The van der Waals surface area contributed by atoms with Crippen LogP contribution >= 0.6 is 11.3 Å². The molecular weight excluding hydrogens is 360 g/mol. The topological polar surface area (TPSA) is 59.3 Å². The van der Waals surface area contributed by atoms with Gasteiger partial charge < -0.3 is 14.0 Å².